The van der Waals surface area contributed by atoms with E-state index < -0.39 is 0 Å². The van der Waals surface area contributed by atoms with Gasteiger partial charge in [0.05, 0.1) is 12.0 Å². The van der Waals surface area contributed by atoms with E-state index in [0.29, 0.717) is 6.42 Å². The number of amides is 1. The molecular formula is C5H5NO2. The summed E-state index contributed by atoms with van der Waals surface area (Å²) in [7, 11) is 0. The van der Waals surface area contributed by atoms with Gasteiger partial charge in [0.2, 0.25) is 5.91 Å². The summed E-state index contributed by atoms with van der Waals surface area (Å²) in [4.78, 5) is 20.8. The largest absolute Gasteiger partial charge is 0.345 e. The van der Waals surface area contributed by atoms with Gasteiger partial charge < -0.3 is 5.32 Å². The molecule has 0 aromatic heterocycles. The summed E-state index contributed by atoms with van der Waals surface area (Å²) in [6.07, 6.45) is 0.483. The molecule has 42 valence electrons. The fourth-order valence-electron chi connectivity index (χ4n) is 1.11. The fourth-order valence-corrected chi connectivity index (χ4v) is 1.11. The predicted octanol–water partition coefficient (Wildman–Crippen LogP) is -0.926. The van der Waals surface area contributed by atoms with Gasteiger partial charge in [0.15, 0.2) is 5.78 Å². The van der Waals surface area contributed by atoms with Gasteiger partial charge in [0.25, 0.3) is 0 Å². The van der Waals surface area contributed by atoms with Gasteiger partial charge in [0.1, 0.15) is 0 Å². The summed E-state index contributed by atoms with van der Waals surface area (Å²) in [5.74, 6) is 0.298. The maximum Gasteiger partial charge on any atom is 0.226 e. The first-order valence-electron chi connectivity index (χ1n) is 2.62. The Morgan fingerprint density at radius 3 is 2.38 bits per heavy atom. The van der Waals surface area contributed by atoms with Crippen LogP contribution in [0.1, 0.15) is 6.42 Å². The van der Waals surface area contributed by atoms with E-state index in [-0.39, 0.29) is 23.7 Å². The maximum atomic E-state index is 10.4. The Labute approximate surface area is 46.1 Å². The second-order valence-electron chi connectivity index (χ2n) is 2.26. The number of carbonyl (C=O) groups excluding carboxylic acids is 2. The molecule has 0 aromatic rings. The number of rotatable bonds is 0. The molecule has 2 unspecified atom stereocenters. The quantitative estimate of drug-likeness (QED) is 0.411. The molecule has 1 amide bonds. The minimum absolute atomic E-state index is 0.0506. The van der Waals surface area contributed by atoms with Gasteiger partial charge in [-0.3, -0.25) is 9.59 Å². The van der Waals surface area contributed by atoms with Crippen molar-refractivity contribution in [3.63, 3.8) is 0 Å². The predicted molar refractivity (Wildman–Crippen MR) is 25.0 cm³/mol. The highest BCUT2D eigenvalue weighted by Gasteiger charge is 2.53. The Kier molecular flexibility index (Phi) is 0.477. The van der Waals surface area contributed by atoms with Crippen LogP contribution in [0.2, 0.25) is 0 Å². The van der Waals surface area contributed by atoms with Gasteiger partial charge in [-0.15, -0.1) is 0 Å². The fraction of sp³-hybridized carbons (Fsp3) is 0.600. The normalized spacial score (nSPS) is 41.5. The minimum atomic E-state index is -0.0810. The number of Topliss-reactive ketones (excluding diaryl/α,β-unsaturated/α-hetero) is 1. The average molecular weight is 111 g/mol. The molecule has 1 aliphatic heterocycles. The molecule has 0 aromatic carbocycles. The van der Waals surface area contributed by atoms with Crippen molar-refractivity contribution in [3.05, 3.63) is 0 Å². The highest BCUT2D eigenvalue weighted by Crippen LogP contribution is 2.30. The van der Waals surface area contributed by atoms with Gasteiger partial charge in [-0.05, 0) is 0 Å². The second kappa shape index (κ2) is 0.940. The summed E-state index contributed by atoms with van der Waals surface area (Å²) in [6, 6.07) is -0.0810. The number of carbonyl (C=O) groups is 2. The van der Waals surface area contributed by atoms with E-state index in [9.17, 15) is 9.59 Å². The molecule has 2 rings (SSSR count). The van der Waals surface area contributed by atoms with E-state index in [2.05, 4.69) is 5.32 Å². The minimum Gasteiger partial charge on any atom is -0.345 e. The Morgan fingerprint density at radius 1 is 1.50 bits per heavy atom. The molecular weight excluding hydrogens is 106 g/mol. The summed E-state index contributed by atoms with van der Waals surface area (Å²) in [5.41, 5.74) is 0. The van der Waals surface area contributed by atoms with Crippen LogP contribution in [0.15, 0.2) is 0 Å². The number of β-lactam (4-membered cyclic amide) rings is 1. The maximum absolute atomic E-state index is 10.4. The number of nitrogens with one attached hydrogen (secondary N) is 1. The Hall–Kier alpha value is -0.860. The number of fused-ring (bicyclic) bond motifs is 1. The standard InChI is InChI=1S/C5H5NO2/c7-3-1-2-4(3)6-5(2)8/h2,4H,1H2,(H,6,8). The summed E-state index contributed by atoms with van der Waals surface area (Å²) < 4.78 is 0. The molecule has 8 heavy (non-hydrogen) atoms. The van der Waals surface area contributed by atoms with Gasteiger partial charge in [0, 0.05) is 6.42 Å². The average Bonchev–Trinajstić information content (AvgIpc) is 1.76. The molecule has 0 bridgehead atoms. The van der Waals surface area contributed by atoms with Crippen LogP contribution in [0.4, 0.5) is 0 Å². The van der Waals surface area contributed by atoms with Crippen LogP contribution in [-0.2, 0) is 9.59 Å². The van der Waals surface area contributed by atoms with E-state index in [4.69, 9.17) is 0 Å². The molecule has 2 atom stereocenters. The SMILES string of the molecule is O=C1NC2C(=O)CC12. The molecule has 3 nitrogen and oxygen atoms in total. The van der Waals surface area contributed by atoms with Crippen molar-refractivity contribution < 1.29 is 9.59 Å². The Bertz CT molecular complexity index is 155. The van der Waals surface area contributed by atoms with Crippen LogP contribution in [-0.4, -0.2) is 17.7 Å². The van der Waals surface area contributed by atoms with Gasteiger partial charge >= 0.3 is 0 Å². The Morgan fingerprint density at radius 2 is 2.25 bits per heavy atom. The lowest BCUT2D eigenvalue weighted by molar-refractivity contribution is -0.153. The first kappa shape index (κ1) is 4.06. The molecule has 0 spiro atoms. The summed E-state index contributed by atoms with van der Waals surface area (Å²) >= 11 is 0. The molecule has 2 fully saturated rings. The van der Waals surface area contributed by atoms with E-state index in [1.54, 1.807) is 0 Å². The molecule has 2 aliphatic rings. The molecule has 1 N–H and O–H groups in total. The molecule has 1 saturated heterocycles. The van der Waals surface area contributed by atoms with E-state index >= 15 is 0 Å². The summed E-state index contributed by atoms with van der Waals surface area (Å²) in [5, 5.41) is 2.50. The van der Waals surface area contributed by atoms with Crippen LogP contribution >= 0.6 is 0 Å². The smallest absolute Gasteiger partial charge is 0.226 e. The van der Waals surface area contributed by atoms with Crippen molar-refractivity contribution in [1.82, 2.24) is 5.32 Å². The van der Waals surface area contributed by atoms with Crippen molar-refractivity contribution >= 4 is 11.7 Å². The Balaban J connectivity index is 2.15. The number of hydrogen-bond acceptors (Lipinski definition) is 2. The topological polar surface area (TPSA) is 46.2 Å². The highest BCUT2D eigenvalue weighted by molar-refractivity contribution is 6.08. The van der Waals surface area contributed by atoms with Crippen LogP contribution in [0.25, 0.3) is 0 Å². The molecule has 0 radical (unpaired) electrons. The van der Waals surface area contributed by atoms with E-state index in [0.717, 1.165) is 0 Å². The number of ketones is 1. The van der Waals surface area contributed by atoms with Crippen LogP contribution in [0, 0.1) is 5.92 Å². The first-order valence-corrected chi connectivity index (χ1v) is 2.62. The molecule has 1 aliphatic carbocycles. The number of piperidine rings is 1. The third-order valence-electron chi connectivity index (χ3n) is 1.80. The van der Waals surface area contributed by atoms with Gasteiger partial charge in [-0.2, -0.15) is 0 Å². The monoisotopic (exact) mass is 111 g/mol. The van der Waals surface area contributed by atoms with E-state index in [1.165, 1.54) is 0 Å². The molecule has 3 heteroatoms. The van der Waals surface area contributed by atoms with Crippen molar-refractivity contribution in [1.29, 1.82) is 0 Å². The highest BCUT2D eigenvalue weighted by atomic mass is 16.2. The van der Waals surface area contributed by atoms with Crippen LogP contribution in [0.5, 0.6) is 0 Å². The zero-order chi connectivity index (χ0) is 5.72. The van der Waals surface area contributed by atoms with Crippen LogP contribution < -0.4 is 5.32 Å². The number of hydrogen-bond donors (Lipinski definition) is 1. The van der Waals surface area contributed by atoms with Gasteiger partial charge in [-0.1, -0.05) is 0 Å². The third-order valence-corrected chi connectivity index (χ3v) is 1.80. The van der Waals surface area contributed by atoms with Crippen molar-refractivity contribution in [2.75, 3.05) is 0 Å². The first-order chi connectivity index (χ1) is 3.79. The van der Waals surface area contributed by atoms with Crippen LogP contribution in [0.3, 0.4) is 0 Å². The second-order valence-corrected chi connectivity index (χ2v) is 2.26. The lowest BCUT2D eigenvalue weighted by Crippen LogP contribution is -2.69. The lowest BCUT2D eigenvalue weighted by atomic mass is 9.71. The van der Waals surface area contributed by atoms with Gasteiger partial charge in [-0.25, -0.2) is 0 Å². The third kappa shape index (κ3) is 0.240. The van der Waals surface area contributed by atoms with Crippen molar-refractivity contribution in [2.45, 2.75) is 12.5 Å². The van der Waals surface area contributed by atoms with Crippen molar-refractivity contribution in [3.8, 4) is 0 Å². The summed E-state index contributed by atoms with van der Waals surface area (Å²) in [6.45, 7) is 0. The van der Waals surface area contributed by atoms with E-state index in [1.807, 2.05) is 0 Å². The zero-order valence-corrected chi connectivity index (χ0v) is 4.18. The lowest BCUT2D eigenvalue weighted by Gasteiger charge is -2.43. The zero-order valence-electron chi connectivity index (χ0n) is 4.18. The molecule has 1 saturated carbocycles. The molecule has 1 heterocycles. The van der Waals surface area contributed by atoms with Crippen molar-refractivity contribution in [2.24, 2.45) is 5.92 Å².